The highest BCUT2D eigenvalue weighted by Gasteiger charge is 2.03. The van der Waals surface area contributed by atoms with Gasteiger partial charge in [0.05, 0.1) is 0 Å². The number of hydrogen-bond acceptors (Lipinski definition) is 3. The lowest BCUT2D eigenvalue weighted by Gasteiger charge is -2.00. The van der Waals surface area contributed by atoms with Gasteiger partial charge in [0.1, 0.15) is 12.1 Å². The molecule has 1 aromatic carbocycles. The molecule has 5 heteroatoms. The summed E-state index contributed by atoms with van der Waals surface area (Å²) in [6.07, 6.45) is 2.67. The van der Waals surface area contributed by atoms with Crippen molar-refractivity contribution in [1.82, 2.24) is 14.8 Å². The molecule has 0 saturated carbocycles. The van der Waals surface area contributed by atoms with Crippen molar-refractivity contribution >= 4 is 11.6 Å². The van der Waals surface area contributed by atoms with Gasteiger partial charge >= 0.3 is 6.01 Å². The predicted molar refractivity (Wildman–Crippen MR) is 61.8 cm³/mol. The summed E-state index contributed by atoms with van der Waals surface area (Å²) in [6, 6.07) is 7.49. The van der Waals surface area contributed by atoms with Gasteiger partial charge in [-0.05, 0) is 24.6 Å². The molecule has 0 saturated heterocycles. The van der Waals surface area contributed by atoms with E-state index < -0.39 is 0 Å². The Morgan fingerprint density at radius 2 is 2.31 bits per heavy atom. The Labute approximate surface area is 98.8 Å². The third-order valence-electron chi connectivity index (χ3n) is 1.97. The number of aryl methyl sites for hydroxylation is 1. The first kappa shape index (κ1) is 11.0. The van der Waals surface area contributed by atoms with Crippen LogP contribution in [0.5, 0.6) is 11.8 Å². The van der Waals surface area contributed by atoms with Crippen LogP contribution in [-0.2, 0) is 6.54 Å². The van der Waals surface area contributed by atoms with Gasteiger partial charge in [-0.2, -0.15) is 4.98 Å². The Morgan fingerprint density at radius 3 is 3.06 bits per heavy atom. The summed E-state index contributed by atoms with van der Waals surface area (Å²) in [5.74, 6) is 0.641. The van der Waals surface area contributed by atoms with Crippen LogP contribution in [0.15, 0.2) is 30.6 Å². The number of nitrogens with zero attached hydrogens (tertiary/aromatic N) is 3. The first-order valence-corrected chi connectivity index (χ1v) is 5.48. The molecule has 2 rings (SSSR count). The van der Waals surface area contributed by atoms with E-state index in [0.29, 0.717) is 16.8 Å². The number of aromatic nitrogens is 3. The molecule has 1 aromatic heterocycles. The van der Waals surface area contributed by atoms with E-state index in [4.69, 9.17) is 16.3 Å². The van der Waals surface area contributed by atoms with E-state index in [9.17, 15) is 0 Å². The largest absolute Gasteiger partial charge is 0.423 e. The molecule has 0 spiro atoms. The zero-order chi connectivity index (χ0) is 11.4. The van der Waals surface area contributed by atoms with Crippen molar-refractivity contribution in [3.05, 3.63) is 35.6 Å². The molecule has 0 aliphatic heterocycles. The van der Waals surface area contributed by atoms with Crippen LogP contribution in [0.2, 0.25) is 5.02 Å². The topological polar surface area (TPSA) is 39.9 Å². The van der Waals surface area contributed by atoms with Crippen LogP contribution in [0.25, 0.3) is 0 Å². The van der Waals surface area contributed by atoms with Crippen LogP contribution in [0, 0.1) is 0 Å². The number of ether oxygens (including phenoxy) is 1. The van der Waals surface area contributed by atoms with Crippen LogP contribution in [0.1, 0.15) is 13.3 Å². The molecule has 0 amide bonds. The number of hydrogen-bond donors (Lipinski definition) is 0. The van der Waals surface area contributed by atoms with E-state index in [0.717, 1.165) is 13.0 Å². The molecule has 1 heterocycles. The van der Waals surface area contributed by atoms with Crippen LogP contribution in [0.3, 0.4) is 0 Å². The van der Waals surface area contributed by atoms with Gasteiger partial charge in [-0.15, -0.1) is 5.10 Å². The molecule has 0 N–H and O–H groups in total. The zero-order valence-corrected chi connectivity index (χ0v) is 9.68. The van der Waals surface area contributed by atoms with Gasteiger partial charge in [-0.1, -0.05) is 24.6 Å². The first-order valence-electron chi connectivity index (χ1n) is 5.11. The average Bonchev–Trinajstić information content (AvgIpc) is 2.66. The monoisotopic (exact) mass is 237 g/mol. The van der Waals surface area contributed by atoms with E-state index in [1.807, 2.05) is 12.1 Å². The second-order valence-corrected chi connectivity index (χ2v) is 3.79. The van der Waals surface area contributed by atoms with Crippen molar-refractivity contribution in [2.75, 3.05) is 0 Å². The van der Waals surface area contributed by atoms with Crippen molar-refractivity contribution in [2.24, 2.45) is 0 Å². The normalized spacial score (nSPS) is 10.4. The molecule has 0 fully saturated rings. The first-order chi connectivity index (χ1) is 7.78. The van der Waals surface area contributed by atoms with Gasteiger partial charge in [0.15, 0.2) is 0 Å². The molecular formula is C11H12ClN3O. The molecule has 0 aliphatic rings. The summed E-state index contributed by atoms with van der Waals surface area (Å²) < 4.78 is 7.21. The summed E-state index contributed by atoms with van der Waals surface area (Å²) >= 11 is 5.84. The molecule has 0 atom stereocenters. The minimum atomic E-state index is 0.343. The molecule has 0 bridgehead atoms. The van der Waals surface area contributed by atoms with Crippen molar-refractivity contribution in [2.45, 2.75) is 19.9 Å². The average molecular weight is 238 g/mol. The lowest BCUT2D eigenvalue weighted by atomic mass is 10.3. The Hall–Kier alpha value is -1.55. The predicted octanol–water partition coefficient (Wildman–Crippen LogP) is 3.13. The maximum absolute atomic E-state index is 5.84. The fourth-order valence-corrected chi connectivity index (χ4v) is 1.48. The van der Waals surface area contributed by atoms with Crippen LogP contribution in [0.4, 0.5) is 0 Å². The van der Waals surface area contributed by atoms with E-state index in [1.54, 1.807) is 23.1 Å². The second kappa shape index (κ2) is 4.99. The van der Waals surface area contributed by atoms with Gasteiger partial charge < -0.3 is 4.74 Å². The minimum absolute atomic E-state index is 0.343. The SMILES string of the molecule is CCCn1cnc(Oc2cccc(Cl)c2)n1. The fraction of sp³-hybridized carbons (Fsp3) is 0.273. The molecule has 16 heavy (non-hydrogen) atoms. The van der Waals surface area contributed by atoms with Crippen molar-refractivity contribution in [1.29, 1.82) is 0 Å². The molecule has 84 valence electrons. The summed E-state index contributed by atoms with van der Waals surface area (Å²) in [6.45, 7) is 2.92. The van der Waals surface area contributed by atoms with Gasteiger partial charge in [0.2, 0.25) is 0 Å². The van der Waals surface area contributed by atoms with Crippen LogP contribution < -0.4 is 4.74 Å². The highest BCUT2D eigenvalue weighted by molar-refractivity contribution is 6.30. The third-order valence-corrected chi connectivity index (χ3v) is 2.21. The molecule has 0 unspecified atom stereocenters. The molecule has 2 aromatic rings. The Kier molecular flexibility index (Phi) is 3.41. The zero-order valence-electron chi connectivity index (χ0n) is 8.93. The minimum Gasteiger partial charge on any atom is -0.423 e. The highest BCUT2D eigenvalue weighted by Crippen LogP contribution is 2.21. The van der Waals surface area contributed by atoms with E-state index in [1.165, 1.54) is 0 Å². The fourth-order valence-electron chi connectivity index (χ4n) is 1.30. The lowest BCUT2D eigenvalue weighted by molar-refractivity contribution is 0.433. The van der Waals surface area contributed by atoms with Gasteiger partial charge in [0, 0.05) is 11.6 Å². The van der Waals surface area contributed by atoms with Gasteiger partial charge in [0.25, 0.3) is 0 Å². The van der Waals surface area contributed by atoms with Crippen molar-refractivity contribution in [3.8, 4) is 11.8 Å². The van der Waals surface area contributed by atoms with Gasteiger partial charge in [-0.25, -0.2) is 4.68 Å². The maximum atomic E-state index is 5.84. The van der Waals surface area contributed by atoms with E-state index in [-0.39, 0.29) is 0 Å². The smallest absolute Gasteiger partial charge is 0.340 e. The molecule has 0 aliphatic carbocycles. The summed E-state index contributed by atoms with van der Waals surface area (Å²) in [4.78, 5) is 4.05. The molecule has 4 nitrogen and oxygen atoms in total. The van der Waals surface area contributed by atoms with Crippen molar-refractivity contribution < 1.29 is 4.74 Å². The highest BCUT2D eigenvalue weighted by atomic mass is 35.5. The van der Waals surface area contributed by atoms with Crippen LogP contribution in [-0.4, -0.2) is 14.8 Å². The maximum Gasteiger partial charge on any atom is 0.340 e. The van der Waals surface area contributed by atoms with Crippen molar-refractivity contribution in [3.63, 3.8) is 0 Å². The Morgan fingerprint density at radius 1 is 1.44 bits per heavy atom. The second-order valence-electron chi connectivity index (χ2n) is 3.35. The third kappa shape index (κ3) is 2.73. The van der Waals surface area contributed by atoms with E-state index in [2.05, 4.69) is 17.0 Å². The van der Waals surface area contributed by atoms with E-state index >= 15 is 0 Å². The number of rotatable bonds is 4. The molecule has 0 radical (unpaired) electrons. The number of benzene rings is 1. The standard InChI is InChI=1S/C11H12ClN3O/c1-2-6-15-8-13-11(14-15)16-10-5-3-4-9(12)7-10/h3-5,7-8H,2,6H2,1H3. The van der Waals surface area contributed by atoms with Crippen LogP contribution >= 0.6 is 11.6 Å². The Bertz CT molecular complexity index is 470. The molecular weight excluding hydrogens is 226 g/mol. The Balaban J connectivity index is 2.08. The summed E-state index contributed by atoms with van der Waals surface area (Å²) in [7, 11) is 0. The lowest BCUT2D eigenvalue weighted by Crippen LogP contribution is -1.97. The summed E-state index contributed by atoms with van der Waals surface area (Å²) in [5, 5.41) is 4.80. The quantitative estimate of drug-likeness (QED) is 0.820. The van der Waals surface area contributed by atoms with Gasteiger partial charge in [-0.3, -0.25) is 0 Å². The summed E-state index contributed by atoms with van der Waals surface area (Å²) in [5.41, 5.74) is 0. The number of halogens is 1.